The van der Waals surface area contributed by atoms with E-state index in [1.165, 1.54) is 6.92 Å². The second-order valence-electron chi connectivity index (χ2n) is 6.45. The predicted octanol–water partition coefficient (Wildman–Crippen LogP) is 3.63. The minimum atomic E-state index is -0.539. The highest BCUT2D eigenvalue weighted by Crippen LogP contribution is 2.52. The maximum atomic E-state index is 13.0. The van der Waals surface area contributed by atoms with Crippen molar-refractivity contribution in [1.82, 2.24) is 0 Å². The summed E-state index contributed by atoms with van der Waals surface area (Å²) in [5.74, 6) is 0.549. The third kappa shape index (κ3) is 3.36. The van der Waals surface area contributed by atoms with E-state index in [1.54, 1.807) is 13.2 Å². The lowest BCUT2D eigenvalue weighted by Crippen LogP contribution is -2.28. The van der Waals surface area contributed by atoms with E-state index in [0.29, 0.717) is 11.4 Å². The molecule has 130 valence electrons. The van der Waals surface area contributed by atoms with Crippen LogP contribution >= 0.6 is 0 Å². The molecule has 2 aromatic rings. The van der Waals surface area contributed by atoms with Gasteiger partial charge in [-0.25, -0.2) is 0 Å². The van der Waals surface area contributed by atoms with Gasteiger partial charge in [-0.2, -0.15) is 0 Å². The fraction of sp³-hybridized carbons (Fsp3) is 0.300. The molecule has 3 rings (SSSR count). The molecule has 0 heterocycles. The van der Waals surface area contributed by atoms with Crippen LogP contribution in [0.3, 0.4) is 0 Å². The molecule has 0 aliphatic heterocycles. The number of para-hydroxylation sites is 1. The minimum absolute atomic E-state index is 0.0416. The number of amides is 2. The number of carbonyl (C=O) groups is 2. The zero-order valence-electron chi connectivity index (χ0n) is 14.7. The first-order valence-electron chi connectivity index (χ1n) is 8.29. The van der Waals surface area contributed by atoms with Crippen molar-refractivity contribution in [3.8, 4) is 5.75 Å². The van der Waals surface area contributed by atoms with Crippen molar-refractivity contribution >= 4 is 23.2 Å². The Hall–Kier alpha value is -2.82. The lowest BCUT2D eigenvalue weighted by molar-refractivity contribution is -0.118. The second-order valence-corrected chi connectivity index (χ2v) is 6.45. The minimum Gasteiger partial charge on any atom is -0.496 e. The van der Waals surface area contributed by atoms with Gasteiger partial charge in [0.1, 0.15) is 5.75 Å². The molecule has 0 saturated heterocycles. The number of methoxy groups -OCH3 is 1. The Morgan fingerprint density at radius 2 is 1.80 bits per heavy atom. The number of hydrogen-bond donors (Lipinski definition) is 2. The van der Waals surface area contributed by atoms with Crippen molar-refractivity contribution in [3.63, 3.8) is 0 Å². The second kappa shape index (κ2) is 6.59. The van der Waals surface area contributed by atoms with Crippen LogP contribution in [0.4, 0.5) is 11.4 Å². The molecule has 5 nitrogen and oxygen atoms in total. The van der Waals surface area contributed by atoms with Gasteiger partial charge >= 0.3 is 0 Å². The number of ether oxygens (including phenoxy) is 1. The molecule has 0 spiro atoms. The maximum absolute atomic E-state index is 13.0. The zero-order valence-corrected chi connectivity index (χ0v) is 14.7. The van der Waals surface area contributed by atoms with Gasteiger partial charge in [0.2, 0.25) is 11.8 Å². The van der Waals surface area contributed by atoms with Crippen LogP contribution in [0.5, 0.6) is 5.75 Å². The predicted molar refractivity (Wildman–Crippen MR) is 98.0 cm³/mol. The van der Waals surface area contributed by atoms with E-state index in [-0.39, 0.29) is 11.8 Å². The van der Waals surface area contributed by atoms with Crippen molar-refractivity contribution < 1.29 is 14.3 Å². The molecule has 2 amide bonds. The van der Waals surface area contributed by atoms with Gasteiger partial charge < -0.3 is 15.4 Å². The van der Waals surface area contributed by atoms with Crippen LogP contribution in [0, 0.1) is 6.92 Å². The van der Waals surface area contributed by atoms with E-state index in [1.807, 2.05) is 43.3 Å². The number of hydrogen-bond acceptors (Lipinski definition) is 3. The molecule has 0 radical (unpaired) electrons. The molecule has 2 N–H and O–H groups in total. The quantitative estimate of drug-likeness (QED) is 0.875. The Morgan fingerprint density at radius 1 is 1.08 bits per heavy atom. The Balaban J connectivity index is 1.86. The van der Waals surface area contributed by atoms with Crippen LogP contribution in [0.2, 0.25) is 0 Å². The van der Waals surface area contributed by atoms with E-state index >= 15 is 0 Å². The standard InChI is InChI=1S/C20H22N2O3/c1-13-8-9-15(21-14(2)23)12-17(13)22-19(24)20(10-11-20)16-6-4-5-7-18(16)25-3/h4-9,12H,10-11H2,1-3H3,(H,21,23)(H,22,24). The van der Waals surface area contributed by atoms with Gasteiger partial charge in [-0.1, -0.05) is 24.3 Å². The third-order valence-electron chi connectivity index (χ3n) is 4.61. The van der Waals surface area contributed by atoms with Gasteiger partial charge in [0.15, 0.2) is 0 Å². The molecule has 1 saturated carbocycles. The van der Waals surface area contributed by atoms with E-state index in [0.717, 1.165) is 29.7 Å². The summed E-state index contributed by atoms with van der Waals surface area (Å²) >= 11 is 0. The number of anilines is 2. The van der Waals surface area contributed by atoms with Crippen LogP contribution in [0.15, 0.2) is 42.5 Å². The molecule has 0 unspecified atom stereocenters. The fourth-order valence-corrected chi connectivity index (χ4v) is 3.06. The summed E-state index contributed by atoms with van der Waals surface area (Å²) in [6.45, 7) is 3.38. The number of nitrogens with one attached hydrogen (secondary N) is 2. The van der Waals surface area contributed by atoms with Gasteiger partial charge in [0, 0.05) is 23.9 Å². The molecular formula is C20H22N2O3. The van der Waals surface area contributed by atoms with Gasteiger partial charge in [0.25, 0.3) is 0 Å². The van der Waals surface area contributed by atoms with Crippen LogP contribution in [0.25, 0.3) is 0 Å². The number of benzene rings is 2. The van der Waals surface area contributed by atoms with E-state index in [4.69, 9.17) is 4.74 Å². The van der Waals surface area contributed by atoms with Crippen LogP contribution in [-0.4, -0.2) is 18.9 Å². The topological polar surface area (TPSA) is 67.4 Å². The summed E-state index contributed by atoms with van der Waals surface area (Å²) < 4.78 is 5.43. The maximum Gasteiger partial charge on any atom is 0.235 e. The fourth-order valence-electron chi connectivity index (χ4n) is 3.06. The van der Waals surface area contributed by atoms with Crippen molar-refractivity contribution in [1.29, 1.82) is 0 Å². The highest BCUT2D eigenvalue weighted by atomic mass is 16.5. The average Bonchev–Trinajstić information content (AvgIpc) is 3.39. The Kier molecular flexibility index (Phi) is 4.49. The first-order chi connectivity index (χ1) is 12.0. The van der Waals surface area contributed by atoms with Crippen molar-refractivity contribution in [2.45, 2.75) is 32.1 Å². The third-order valence-corrected chi connectivity index (χ3v) is 4.61. The summed E-state index contributed by atoms with van der Waals surface area (Å²) in [5, 5.41) is 5.77. The molecule has 2 aromatic carbocycles. The van der Waals surface area contributed by atoms with E-state index < -0.39 is 5.41 Å². The monoisotopic (exact) mass is 338 g/mol. The van der Waals surface area contributed by atoms with Crippen LogP contribution in [0.1, 0.15) is 30.9 Å². The molecule has 1 aliphatic rings. The summed E-state index contributed by atoms with van der Waals surface area (Å²) in [7, 11) is 1.62. The van der Waals surface area contributed by atoms with Gasteiger partial charge in [-0.05, 0) is 43.5 Å². The first-order valence-corrected chi connectivity index (χ1v) is 8.29. The molecule has 0 aromatic heterocycles. The van der Waals surface area contributed by atoms with Gasteiger partial charge in [-0.3, -0.25) is 9.59 Å². The molecule has 5 heteroatoms. The molecule has 0 atom stereocenters. The summed E-state index contributed by atoms with van der Waals surface area (Å²) in [6.07, 6.45) is 1.59. The molecular weight excluding hydrogens is 316 g/mol. The summed E-state index contributed by atoms with van der Waals surface area (Å²) in [4.78, 5) is 24.2. The van der Waals surface area contributed by atoms with Crippen molar-refractivity contribution in [2.24, 2.45) is 0 Å². The summed E-state index contributed by atoms with van der Waals surface area (Å²) in [6, 6.07) is 13.1. The smallest absolute Gasteiger partial charge is 0.235 e. The van der Waals surface area contributed by atoms with Gasteiger partial charge in [0.05, 0.1) is 12.5 Å². The lowest BCUT2D eigenvalue weighted by atomic mass is 9.93. The van der Waals surface area contributed by atoms with Gasteiger partial charge in [-0.15, -0.1) is 0 Å². The number of rotatable bonds is 5. The number of carbonyl (C=O) groups excluding carboxylic acids is 2. The average molecular weight is 338 g/mol. The molecule has 0 bridgehead atoms. The van der Waals surface area contributed by atoms with Crippen LogP contribution < -0.4 is 15.4 Å². The summed E-state index contributed by atoms with van der Waals surface area (Å²) in [5.41, 5.74) is 2.69. The normalized spacial score (nSPS) is 14.5. The SMILES string of the molecule is COc1ccccc1C1(C(=O)Nc2cc(NC(C)=O)ccc2C)CC1. The zero-order chi connectivity index (χ0) is 18.0. The molecule has 1 aliphatic carbocycles. The molecule has 1 fully saturated rings. The largest absolute Gasteiger partial charge is 0.496 e. The highest BCUT2D eigenvalue weighted by molar-refractivity contribution is 6.03. The number of aryl methyl sites for hydroxylation is 1. The van der Waals surface area contributed by atoms with Crippen LogP contribution in [-0.2, 0) is 15.0 Å². The van der Waals surface area contributed by atoms with E-state index in [9.17, 15) is 9.59 Å². The Morgan fingerprint density at radius 3 is 2.44 bits per heavy atom. The Labute approximate surface area is 147 Å². The van der Waals surface area contributed by atoms with Crippen molar-refractivity contribution in [3.05, 3.63) is 53.6 Å². The molecule has 25 heavy (non-hydrogen) atoms. The highest BCUT2D eigenvalue weighted by Gasteiger charge is 2.52. The van der Waals surface area contributed by atoms with Crippen molar-refractivity contribution in [2.75, 3.05) is 17.7 Å². The first kappa shape index (κ1) is 17.0. The lowest BCUT2D eigenvalue weighted by Gasteiger charge is -2.19. The van der Waals surface area contributed by atoms with E-state index in [2.05, 4.69) is 10.6 Å². The Bertz CT molecular complexity index is 825.